The Morgan fingerprint density at radius 3 is 2.75 bits per heavy atom. The lowest BCUT2D eigenvalue weighted by molar-refractivity contribution is 0.0696. The van der Waals surface area contributed by atoms with Gasteiger partial charge in [0.1, 0.15) is 0 Å². The van der Waals surface area contributed by atoms with E-state index in [2.05, 4.69) is 20.7 Å². The van der Waals surface area contributed by atoms with E-state index < -0.39 is 16.0 Å². The van der Waals surface area contributed by atoms with E-state index in [0.717, 1.165) is 6.07 Å². The molecule has 0 saturated heterocycles. The molecule has 0 saturated carbocycles. The second-order valence-electron chi connectivity index (χ2n) is 3.90. The number of carbonyl (C=O) groups is 1. The SMILES string of the molecule is CCOCCCNS(=O)(=O)c1cc(C(=O)O)ccc1Br. The second kappa shape index (κ2) is 7.72. The van der Waals surface area contributed by atoms with Crippen molar-refractivity contribution >= 4 is 31.9 Å². The minimum atomic E-state index is -3.75. The predicted molar refractivity (Wildman–Crippen MR) is 77.4 cm³/mol. The summed E-state index contributed by atoms with van der Waals surface area (Å²) in [4.78, 5) is 10.8. The number of hydrogen-bond acceptors (Lipinski definition) is 4. The molecule has 0 amide bonds. The van der Waals surface area contributed by atoms with E-state index in [1.165, 1.54) is 12.1 Å². The lowest BCUT2D eigenvalue weighted by Crippen LogP contribution is -2.26. The summed E-state index contributed by atoms with van der Waals surface area (Å²) in [6, 6.07) is 3.86. The van der Waals surface area contributed by atoms with Gasteiger partial charge in [0.25, 0.3) is 0 Å². The van der Waals surface area contributed by atoms with Gasteiger partial charge in [0.05, 0.1) is 10.5 Å². The number of aromatic carboxylic acids is 1. The second-order valence-corrected chi connectivity index (χ2v) is 6.49. The van der Waals surface area contributed by atoms with Crippen molar-refractivity contribution in [2.75, 3.05) is 19.8 Å². The fourth-order valence-electron chi connectivity index (χ4n) is 1.45. The van der Waals surface area contributed by atoms with Gasteiger partial charge in [0.2, 0.25) is 10.0 Å². The maximum absolute atomic E-state index is 12.1. The molecule has 0 aliphatic rings. The van der Waals surface area contributed by atoms with Crippen LogP contribution in [0.2, 0.25) is 0 Å². The number of hydrogen-bond donors (Lipinski definition) is 2. The van der Waals surface area contributed by atoms with Crippen molar-refractivity contribution in [3.8, 4) is 0 Å². The molecule has 0 spiro atoms. The van der Waals surface area contributed by atoms with E-state index >= 15 is 0 Å². The largest absolute Gasteiger partial charge is 0.478 e. The quantitative estimate of drug-likeness (QED) is 0.685. The van der Waals surface area contributed by atoms with Gasteiger partial charge in [-0.3, -0.25) is 0 Å². The Morgan fingerprint density at radius 2 is 2.15 bits per heavy atom. The molecule has 8 heteroatoms. The molecule has 1 aromatic carbocycles. The molecule has 1 rings (SSSR count). The summed E-state index contributed by atoms with van der Waals surface area (Å²) in [5.41, 5.74) is -0.0807. The summed E-state index contributed by atoms with van der Waals surface area (Å²) in [5.74, 6) is -1.18. The molecule has 112 valence electrons. The topological polar surface area (TPSA) is 92.7 Å². The van der Waals surface area contributed by atoms with Crippen LogP contribution in [0.5, 0.6) is 0 Å². The minimum absolute atomic E-state index is 0.0807. The fraction of sp³-hybridized carbons (Fsp3) is 0.417. The molecule has 20 heavy (non-hydrogen) atoms. The Bertz CT molecular complexity index is 573. The van der Waals surface area contributed by atoms with Crippen LogP contribution in [0.25, 0.3) is 0 Å². The van der Waals surface area contributed by atoms with Crippen LogP contribution in [0.15, 0.2) is 27.6 Å². The molecule has 0 aromatic heterocycles. The van der Waals surface area contributed by atoms with E-state index in [9.17, 15) is 13.2 Å². The zero-order valence-corrected chi connectivity index (χ0v) is 13.3. The lowest BCUT2D eigenvalue weighted by atomic mass is 10.2. The van der Waals surface area contributed by atoms with E-state index in [1.54, 1.807) is 0 Å². The van der Waals surface area contributed by atoms with Crippen molar-refractivity contribution in [1.29, 1.82) is 0 Å². The van der Waals surface area contributed by atoms with Crippen LogP contribution in [0.1, 0.15) is 23.7 Å². The molecule has 0 fully saturated rings. The summed E-state index contributed by atoms with van der Waals surface area (Å²) >= 11 is 3.11. The summed E-state index contributed by atoms with van der Waals surface area (Å²) < 4.78 is 32.0. The van der Waals surface area contributed by atoms with Crippen LogP contribution in [-0.4, -0.2) is 39.3 Å². The molecule has 0 aliphatic carbocycles. The standard InChI is InChI=1S/C12H16BrNO5S/c1-2-19-7-3-6-14-20(17,18)11-8-9(12(15)16)4-5-10(11)13/h4-5,8,14H,2-3,6-7H2,1H3,(H,15,16). The highest BCUT2D eigenvalue weighted by molar-refractivity contribution is 9.10. The third-order valence-corrected chi connectivity index (χ3v) is 4.88. The van der Waals surface area contributed by atoms with Gasteiger partial charge in [0, 0.05) is 24.2 Å². The first-order valence-electron chi connectivity index (χ1n) is 5.98. The average Bonchev–Trinajstić information content (AvgIpc) is 2.38. The highest BCUT2D eigenvalue weighted by Gasteiger charge is 2.19. The van der Waals surface area contributed by atoms with Gasteiger partial charge in [-0.05, 0) is 47.5 Å². The van der Waals surface area contributed by atoms with Gasteiger partial charge < -0.3 is 9.84 Å². The number of ether oxygens (including phenoxy) is 1. The highest BCUT2D eigenvalue weighted by atomic mass is 79.9. The van der Waals surface area contributed by atoms with Gasteiger partial charge in [-0.1, -0.05) is 0 Å². The Hall–Kier alpha value is -0.960. The molecule has 0 bridgehead atoms. The average molecular weight is 366 g/mol. The number of rotatable bonds is 8. The Morgan fingerprint density at radius 1 is 1.45 bits per heavy atom. The Labute approximate surface area is 126 Å². The first-order chi connectivity index (χ1) is 9.38. The molecule has 0 unspecified atom stereocenters. The lowest BCUT2D eigenvalue weighted by Gasteiger charge is -2.09. The normalized spacial score (nSPS) is 11.5. The number of halogens is 1. The number of benzene rings is 1. The van der Waals surface area contributed by atoms with Gasteiger partial charge in [-0.15, -0.1) is 0 Å². The van der Waals surface area contributed by atoms with Crippen molar-refractivity contribution in [3.63, 3.8) is 0 Å². The molecule has 2 N–H and O–H groups in total. The molecule has 6 nitrogen and oxygen atoms in total. The van der Waals surface area contributed by atoms with E-state index in [4.69, 9.17) is 9.84 Å². The van der Waals surface area contributed by atoms with E-state index in [1.807, 2.05) is 6.92 Å². The van der Waals surface area contributed by atoms with Gasteiger partial charge in [-0.2, -0.15) is 0 Å². The van der Waals surface area contributed by atoms with Crippen LogP contribution in [0.3, 0.4) is 0 Å². The van der Waals surface area contributed by atoms with Crippen molar-refractivity contribution in [2.45, 2.75) is 18.2 Å². The molecular formula is C12H16BrNO5S. The number of carboxylic acids is 1. The zero-order chi connectivity index (χ0) is 15.2. The Balaban J connectivity index is 2.81. The summed E-state index contributed by atoms with van der Waals surface area (Å²) in [5, 5.41) is 8.89. The van der Waals surface area contributed by atoms with E-state index in [0.29, 0.717) is 24.1 Å². The smallest absolute Gasteiger partial charge is 0.335 e. The van der Waals surface area contributed by atoms with Gasteiger partial charge in [-0.25, -0.2) is 17.9 Å². The first kappa shape index (κ1) is 17.1. The Kier molecular flexibility index (Phi) is 6.60. The molecular weight excluding hydrogens is 350 g/mol. The summed E-state index contributed by atoms with van der Waals surface area (Å²) in [7, 11) is -3.75. The minimum Gasteiger partial charge on any atom is -0.478 e. The van der Waals surface area contributed by atoms with Crippen molar-refractivity contribution < 1.29 is 23.1 Å². The van der Waals surface area contributed by atoms with Crippen LogP contribution in [0, 0.1) is 0 Å². The van der Waals surface area contributed by atoms with Gasteiger partial charge in [0.15, 0.2) is 0 Å². The predicted octanol–water partition coefficient (Wildman–Crippen LogP) is 1.85. The third kappa shape index (κ3) is 4.86. The summed E-state index contributed by atoms with van der Waals surface area (Å²) in [6.07, 6.45) is 0.545. The fourth-order valence-corrected chi connectivity index (χ4v) is 3.51. The van der Waals surface area contributed by atoms with Crippen molar-refractivity contribution in [3.05, 3.63) is 28.2 Å². The maximum Gasteiger partial charge on any atom is 0.335 e. The third-order valence-electron chi connectivity index (χ3n) is 2.43. The van der Waals surface area contributed by atoms with Gasteiger partial charge >= 0.3 is 5.97 Å². The maximum atomic E-state index is 12.1. The molecule has 0 radical (unpaired) electrons. The monoisotopic (exact) mass is 365 g/mol. The molecule has 0 heterocycles. The molecule has 1 aromatic rings. The highest BCUT2D eigenvalue weighted by Crippen LogP contribution is 2.23. The molecule has 0 atom stereocenters. The number of nitrogens with one attached hydrogen (secondary N) is 1. The number of sulfonamides is 1. The van der Waals surface area contributed by atoms with Crippen LogP contribution in [0.4, 0.5) is 0 Å². The first-order valence-corrected chi connectivity index (χ1v) is 8.26. The zero-order valence-electron chi connectivity index (χ0n) is 10.9. The number of carboxylic acid groups (broad SMARTS) is 1. The van der Waals surface area contributed by atoms with E-state index in [-0.39, 0.29) is 17.0 Å². The van der Waals surface area contributed by atoms with Crippen LogP contribution in [-0.2, 0) is 14.8 Å². The van der Waals surface area contributed by atoms with Crippen molar-refractivity contribution in [1.82, 2.24) is 4.72 Å². The molecule has 0 aliphatic heterocycles. The summed E-state index contributed by atoms with van der Waals surface area (Å²) in [6.45, 7) is 3.14. The van der Waals surface area contributed by atoms with Crippen LogP contribution >= 0.6 is 15.9 Å². The van der Waals surface area contributed by atoms with Crippen molar-refractivity contribution in [2.24, 2.45) is 0 Å². The van der Waals surface area contributed by atoms with Crippen LogP contribution < -0.4 is 4.72 Å².